The van der Waals surface area contributed by atoms with E-state index in [1.165, 1.54) is 6.07 Å². The van der Waals surface area contributed by atoms with E-state index in [0.717, 1.165) is 6.42 Å². The molecule has 6 nitrogen and oxygen atoms in total. The van der Waals surface area contributed by atoms with Gasteiger partial charge in [0.25, 0.3) is 0 Å². The zero-order chi connectivity index (χ0) is 17.3. The van der Waals surface area contributed by atoms with Crippen LogP contribution in [0.5, 0.6) is 0 Å². The van der Waals surface area contributed by atoms with Crippen molar-refractivity contribution in [2.24, 2.45) is 11.8 Å². The van der Waals surface area contributed by atoms with Crippen LogP contribution in [-0.2, 0) is 9.59 Å². The van der Waals surface area contributed by atoms with Gasteiger partial charge in [0.2, 0.25) is 0 Å². The van der Waals surface area contributed by atoms with Crippen LogP contribution in [-0.4, -0.2) is 29.8 Å². The Morgan fingerprint density at radius 1 is 1.12 bits per heavy atom. The molecule has 2 atom stereocenters. The lowest BCUT2D eigenvalue weighted by Crippen LogP contribution is -2.47. The topological polar surface area (TPSA) is 79.6 Å². The first kappa shape index (κ1) is 16.2. The number of likely N-dealkylation sites (tertiary alicyclic amines) is 1. The van der Waals surface area contributed by atoms with Gasteiger partial charge in [-0.3, -0.25) is 9.59 Å². The summed E-state index contributed by atoms with van der Waals surface area (Å²) in [6.45, 7) is 5.40. The number of nitrogens with zero attached hydrogens (tertiary/aromatic N) is 1. The molecular weight excluding hydrogens is 308 g/mol. The number of anilines is 1. The monoisotopic (exact) mass is 328 g/mol. The molecule has 1 aromatic carbocycles. The van der Waals surface area contributed by atoms with Crippen LogP contribution in [0.3, 0.4) is 0 Å². The molecule has 3 rings (SSSR count). The predicted octanol–water partition coefficient (Wildman–Crippen LogP) is 2.24. The summed E-state index contributed by atoms with van der Waals surface area (Å²) in [5.74, 6) is -0.357. The van der Waals surface area contributed by atoms with Crippen molar-refractivity contribution >= 4 is 28.5 Å². The van der Waals surface area contributed by atoms with Crippen LogP contribution in [0.2, 0.25) is 0 Å². The van der Waals surface area contributed by atoms with E-state index in [-0.39, 0.29) is 0 Å². The number of amides is 2. The van der Waals surface area contributed by atoms with Crippen molar-refractivity contribution in [3.8, 4) is 0 Å². The van der Waals surface area contributed by atoms with Crippen molar-refractivity contribution in [2.45, 2.75) is 20.3 Å². The molecule has 1 aliphatic heterocycles. The smallest absolute Gasteiger partial charge is 0.336 e. The molecule has 1 saturated heterocycles. The first-order valence-electron chi connectivity index (χ1n) is 8.06. The fraction of sp³-hybridized carbons (Fsp3) is 0.389. The Morgan fingerprint density at radius 3 is 2.54 bits per heavy atom. The SMILES string of the molecule is C[C@@H]1C[C@H](C)CN(C(=O)C(=O)Nc2ccc3oc(=O)ccc3c2)C1. The Bertz CT molecular complexity index is 832. The van der Waals surface area contributed by atoms with Crippen molar-refractivity contribution in [1.29, 1.82) is 0 Å². The van der Waals surface area contributed by atoms with E-state index in [0.29, 0.717) is 41.6 Å². The van der Waals surface area contributed by atoms with Crippen molar-refractivity contribution in [2.75, 3.05) is 18.4 Å². The molecule has 0 aliphatic carbocycles. The Labute approximate surface area is 139 Å². The van der Waals surface area contributed by atoms with Gasteiger partial charge < -0.3 is 14.6 Å². The minimum absolute atomic E-state index is 0.397. The number of nitrogens with one attached hydrogen (secondary N) is 1. The predicted molar refractivity (Wildman–Crippen MR) is 90.6 cm³/mol. The molecule has 2 amide bonds. The number of fused-ring (bicyclic) bond motifs is 1. The lowest BCUT2D eigenvalue weighted by Gasteiger charge is -2.34. The minimum atomic E-state index is -0.645. The molecule has 1 aromatic heterocycles. The highest BCUT2D eigenvalue weighted by molar-refractivity contribution is 6.39. The van der Waals surface area contributed by atoms with Crippen LogP contribution in [0.25, 0.3) is 11.0 Å². The fourth-order valence-corrected chi connectivity index (χ4v) is 3.31. The van der Waals surface area contributed by atoms with Crippen molar-refractivity contribution in [1.82, 2.24) is 4.90 Å². The number of hydrogen-bond donors (Lipinski definition) is 1. The van der Waals surface area contributed by atoms with Crippen molar-refractivity contribution in [3.05, 3.63) is 40.8 Å². The lowest BCUT2D eigenvalue weighted by atomic mass is 9.92. The molecule has 0 spiro atoms. The van der Waals surface area contributed by atoms with Gasteiger partial charge in [-0.15, -0.1) is 0 Å². The third kappa shape index (κ3) is 3.48. The quantitative estimate of drug-likeness (QED) is 0.643. The molecule has 24 heavy (non-hydrogen) atoms. The van der Waals surface area contributed by atoms with Gasteiger partial charge in [0, 0.05) is 30.2 Å². The molecule has 6 heteroatoms. The van der Waals surface area contributed by atoms with Crippen LogP contribution < -0.4 is 10.9 Å². The summed E-state index contributed by atoms with van der Waals surface area (Å²) in [4.78, 5) is 37.4. The molecule has 1 aliphatic rings. The second kappa shape index (κ2) is 6.47. The van der Waals surface area contributed by atoms with Crippen molar-refractivity contribution < 1.29 is 14.0 Å². The summed E-state index contributed by atoms with van der Waals surface area (Å²) >= 11 is 0. The standard InChI is InChI=1S/C18H20N2O4/c1-11-7-12(2)10-20(9-11)18(23)17(22)19-14-4-5-15-13(8-14)3-6-16(21)24-15/h3-6,8,11-12H,7,9-10H2,1-2H3,(H,19,22)/t11-,12+. The number of piperidine rings is 1. The molecular formula is C18H20N2O4. The zero-order valence-electron chi connectivity index (χ0n) is 13.7. The van der Waals surface area contributed by atoms with Crippen LogP contribution in [0.4, 0.5) is 5.69 Å². The molecule has 0 saturated carbocycles. The fourth-order valence-electron chi connectivity index (χ4n) is 3.31. The summed E-state index contributed by atoms with van der Waals surface area (Å²) in [6, 6.07) is 7.81. The summed E-state index contributed by atoms with van der Waals surface area (Å²) in [5, 5.41) is 3.31. The van der Waals surface area contributed by atoms with E-state index in [1.807, 2.05) is 0 Å². The van der Waals surface area contributed by atoms with Gasteiger partial charge in [-0.25, -0.2) is 4.79 Å². The average Bonchev–Trinajstić information content (AvgIpc) is 2.53. The molecule has 0 unspecified atom stereocenters. The van der Waals surface area contributed by atoms with Gasteiger partial charge in [-0.1, -0.05) is 13.8 Å². The summed E-state index contributed by atoms with van der Waals surface area (Å²) in [5.41, 5.74) is 0.501. The number of carbonyl (C=O) groups is 2. The maximum atomic E-state index is 12.4. The van der Waals surface area contributed by atoms with Crippen LogP contribution in [0.1, 0.15) is 20.3 Å². The largest absolute Gasteiger partial charge is 0.423 e. The van der Waals surface area contributed by atoms with E-state index >= 15 is 0 Å². The second-order valence-corrected chi connectivity index (χ2v) is 6.62. The number of carbonyl (C=O) groups excluding carboxylic acids is 2. The molecule has 1 N–H and O–H groups in total. The van der Waals surface area contributed by atoms with Gasteiger partial charge in [0.15, 0.2) is 0 Å². The normalized spacial score (nSPS) is 20.8. The number of hydrogen-bond acceptors (Lipinski definition) is 4. The molecule has 126 valence electrons. The Hall–Kier alpha value is -2.63. The first-order chi connectivity index (χ1) is 11.4. The maximum absolute atomic E-state index is 12.4. The first-order valence-corrected chi connectivity index (χ1v) is 8.06. The minimum Gasteiger partial charge on any atom is -0.423 e. The van der Waals surface area contributed by atoms with Crippen LogP contribution in [0.15, 0.2) is 39.5 Å². The van der Waals surface area contributed by atoms with E-state index in [4.69, 9.17) is 4.42 Å². The third-order valence-corrected chi connectivity index (χ3v) is 4.23. The summed E-state index contributed by atoms with van der Waals surface area (Å²) in [7, 11) is 0. The van der Waals surface area contributed by atoms with E-state index in [9.17, 15) is 14.4 Å². The van der Waals surface area contributed by atoms with Gasteiger partial charge in [-0.05, 0) is 42.5 Å². The molecule has 0 bridgehead atoms. The highest BCUT2D eigenvalue weighted by Gasteiger charge is 2.29. The van der Waals surface area contributed by atoms with E-state index < -0.39 is 17.4 Å². The Morgan fingerprint density at radius 2 is 1.83 bits per heavy atom. The molecule has 2 heterocycles. The molecule has 0 radical (unpaired) electrons. The highest BCUT2D eigenvalue weighted by atomic mass is 16.4. The third-order valence-electron chi connectivity index (χ3n) is 4.23. The zero-order valence-corrected chi connectivity index (χ0v) is 13.7. The maximum Gasteiger partial charge on any atom is 0.336 e. The average molecular weight is 328 g/mol. The van der Waals surface area contributed by atoms with Gasteiger partial charge in [0.05, 0.1) is 0 Å². The number of benzene rings is 1. The number of rotatable bonds is 1. The second-order valence-electron chi connectivity index (χ2n) is 6.62. The van der Waals surface area contributed by atoms with E-state index in [2.05, 4.69) is 19.2 Å². The Kier molecular flexibility index (Phi) is 4.38. The highest BCUT2D eigenvalue weighted by Crippen LogP contribution is 2.22. The molecule has 1 fully saturated rings. The molecule has 2 aromatic rings. The van der Waals surface area contributed by atoms with Gasteiger partial charge >= 0.3 is 17.4 Å². The van der Waals surface area contributed by atoms with E-state index in [1.54, 1.807) is 29.2 Å². The lowest BCUT2D eigenvalue weighted by molar-refractivity contribution is -0.144. The Balaban J connectivity index is 1.73. The van der Waals surface area contributed by atoms with Crippen LogP contribution in [0, 0.1) is 11.8 Å². The van der Waals surface area contributed by atoms with Crippen molar-refractivity contribution in [3.63, 3.8) is 0 Å². The van der Waals surface area contributed by atoms with Crippen LogP contribution >= 0.6 is 0 Å². The summed E-state index contributed by atoms with van der Waals surface area (Å²) < 4.78 is 5.04. The summed E-state index contributed by atoms with van der Waals surface area (Å²) in [6.07, 6.45) is 1.07. The van der Waals surface area contributed by atoms with Gasteiger partial charge in [-0.2, -0.15) is 0 Å². The van der Waals surface area contributed by atoms with Gasteiger partial charge in [0.1, 0.15) is 5.58 Å².